The summed E-state index contributed by atoms with van der Waals surface area (Å²) in [6.07, 6.45) is 4.26. The summed E-state index contributed by atoms with van der Waals surface area (Å²) in [6.45, 7) is 2.74. The number of hydrogen-bond acceptors (Lipinski definition) is 7. The van der Waals surface area contributed by atoms with Gasteiger partial charge in [0, 0.05) is 49.7 Å². The van der Waals surface area contributed by atoms with Gasteiger partial charge in [0.2, 0.25) is 0 Å². The molecule has 4 aromatic rings. The molecule has 1 atom stereocenters. The number of ether oxygens (including phenoxy) is 1. The van der Waals surface area contributed by atoms with Crippen LogP contribution in [0, 0.1) is 0 Å². The lowest BCUT2D eigenvalue weighted by atomic mass is 10.2. The second-order valence-electron chi connectivity index (χ2n) is 7.40. The van der Waals surface area contributed by atoms with Gasteiger partial charge in [-0.05, 0) is 6.07 Å². The molecule has 0 bridgehead atoms. The van der Waals surface area contributed by atoms with Crippen LogP contribution in [0.1, 0.15) is 17.5 Å². The Morgan fingerprint density at radius 1 is 1.03 bits per heavy atom. The average molecular weight is 417 g/mol. The van der Waals surface area contributed by atoms with Crippen molar-refractivity contribution < 1.29 is 9.84 Å². The first-order chi connectivity index (χ1) is 15.2. The summed E-state index contributed by atoms with van der Waals surface area (Å²) in [7, 11) is 1.81. The zero-order valence-corrected chi connectivity index (χ0v) is 17.2. The summed E-state index contributed by atoms with van der Waals surface area (Å²) in [5.74, 6) is 1.64. The fourth-order valence-electron chi connectivity index (χ4n) is 3.58. The summed E-state index contributed by atoms with van der Waals surface area (Å²) < 4.78 is 8.83. The minimum Gasteiger partial charge on any atom is -0.380 e. The third kappa shape index (κ3) is 4.05. The maximum Gasteiger partial charge on any atom is 0.166 e. The molecule has 5 rings (SSSR count). The molecule has 9 heteroatoms. The number of benzene rings is 1. The van der Waals surface area contributed by atoms with Crippen LogP contribution in [0.2, 0.25) is 0 Å². The lowest BCUT2D eigenvalue weighted by Crippen LogP contribution is -2.37. The molecule has 1 unspecified atom stereocenters. The number of nitrogens with zero attached hydrogens (tertiary/aromatic N) is 7. The van der Waals surface area contributed by atoms with E-state index < -0.39 is 6.10 Å². The van der Waals surface area contributed by atoms with Crippen molar-refractivity contribution in [1.82, 2.24) is 29.5 Å². The standard InChI is InChI=1S/C22H23N7O2/c1-27-15-17(14-23-27)21(30)22-24-19(28-9-11-31-12-10-28)13-20(25-22)29-8-7-18(26-29)16-5-3-2-4-6-16/h2-8,13-15,21,30H,9-12H2,1H3. The minimum atomic E-state index is -0.988. The molecule has 3 aromatic heterocycles. The first kappa shape index (κ1) is 19.4. The third-order valence-corrected chi connectivity index (χ3v) is 5.23. The molecule has 1 N–H and O–H groups in total. The maximum atomic E-state index is 10.9. The van der Waals surface area contributed by atoms with Crippen molar-refractivity contribution in [3.8, 4) is 17.1 Å². The van der Waals surface area contributed by atoms with Crippen LogP contribution < -0.4 is 4.90 Å². The van der Waals surface area contributed by atoms with Crippen molar-refractivity contribution in [1.29, 1.82) is 0 Å². The molecule has 158 valence electrons. The van der Waals surface area contributed by atoms with Gasteiger partial charge in [-0.25, -0.2) is 14.6 Å². The van der Waals surface area contributed by atoms with Crippen LogP contribution in [0.15, 0.2) is 61.1 Å². The number of aromatic nitrogens is 6. The van der Waals surface area contributed by atoms with E-state index in [1.807, 2.05) is 55.7 Å². The van der Waals surface area contributed by atoms with Gasteiger partial charge in [-0.2, -0.15) is 10.2 Å². The van der Waals surface area contributed by atoms with Gasteiger partial charge >= 0.3 is 0 Å². The molecule has 1 aliphatic rings. The monoisotopic (exact) mass is 417 g/mol. The lowest BCUT2D eigenvalue weighted by molar-refractivity contribution is 0.122. The molecule has 1 aromatic carbocycles. The Morgan fingerprint density at radius 2 is 1.81 bits per heavy atom. The van der Waals surface area contributed by atoms with Crippen LogP contribution in [0.4, 0.5) is 5.82 Å². The van der Waals surface area contributed by atoms with Crippen LogP contribution >= 0.6 is 0 Å². The van der Waals surface area contributed by atoms with Crippen molar-refractivity contribution >= 4 is 5.82 Å². The number of hydrogen-bond donors (Lipinski definition) is 1. The minimum absolute atomic E-state index is 0.309. The molecule has 0 spiro atoms. The Bertz CT molecular complexity index is 1170. The predicted molar refractivity (Wildman–Crippen MR) is 115 cm³/mol. The highest BCUT2D eigenvalue weighted by Crippen LogP contribution is 2.24. The quantitative estimate of drug-likeness (QED) is 0.531. The summed E-state index contributed by atoms with van der Waals surface area (Å²) in [5.41, 5.74) is 2.51. The number of aliphatic hydroxyl groups is 1. The predicted octanol–water partition coefficient (Wildman–Crippen LogP) is 1.98. The molecule has 0 radical (unpaired) electrons. The Balaban J connectivity index is 1.55. The van der Waals surface area contributed by atoms with Crippen molar-refractivity contribution in [3.05, 3.63) is 72.4 Å². The lowest BCUT2D eigenvalue weighted by Gasteiger charge is -2.28. The van der Waals surface area contributed by atoms with E-state index >= 15 is 0 Å². The van der Waals surface area contributed by atoms with Gasteiger partial charge in [0.1, 0.15) is 11.9 Å². The van der Waals surface area contributed by atoms with Gasteiger partial charge in [-0.1, -0.05) is 30.3 Å². The van der Waals surface area contributed by atoms with Gasteiger partial charge in [-0.15, -0.1) is 0 Å². The van der Waals surface area contributed by atoms with E-state index in [0.29, 0.717) is 30.4 Å². The molecule has 4 heterocycles. The van der Waals surface area contributed by atoms with Gasteiger partial charge in [0.05, 0.1) is 25.1 Å². The molecule has 1 fully saturated rings. The number of aryl methyl sites for hydroxylation is 1. The molecular formula is C22H23N7O2. The fraction of sp³-hybridized carbons (Fsp3) is 0.273. The highest BCUT2D eigenvalue weighted by Gasteiger charge is 2.21. The first-order valence-corrected chi connectivity index (χ1v) is 10.2. The van der Waals surface area contributed by atoms with E-state index in [4.69, 9.17) is 9.84 Å². The molecular weight excluding hydrogens is 394 g/mol. The zero-order chi connectivity index (χ0) is 21.2. The van der Waals surface area contributed by atoms with Crippen molar-refractivity contribution in [3.63, 3.8) is 0 Å². The molecule has 0 amide bonds. The number of anilines is 1. The fourth-order valence-corrected chi connectivity index (χ4v) is 3.58. The van der Waals surface area contributed by atoms with Crippen LogP contribution in [0.25, 0.3) is 17.1 Å². The van der Waals surface area contributed by atoms with Gasteiger partial charge in [-0.3, -0.25) is 4.68 Å². The Morgan fingerprint density at radius 3 is 2.55 bits per heavy atom. The van der Waals surface area contributed by atoms with Crippen molar-refractivity contribution in [2.45, 2.75) is 6.10 Å². The molecule has 0 saturated carbocycles. The van der Waals surface area contributed by atoms with E-state index in [-0.39, 0.29) is 0 Å². The summed E-state index contributed by atoms with van der Waals surface area (Å²) >= 11 is 0. The summed E-state index contributed by atoms with van der Waals surface area (Å²) in [6, 6.07) is 13.8. The topological polar surface area (TPSA) is 94.1 Å². The summed E-state index contributed by atoms with van der Waals surface area (Å²) in [4.78, 5) is 11.4. The molecule has 9 nitrogen and oxygen atoms in total. The second-order valence-corrected chi connectivity index (χ2v) is 7.40. The van der Waals surface area contributed by atoms with Crippen molar-refractivity contribution in [2.24, 2.45) is 7.05 Å². The number of morpholine rings is 1. The number of aliphatic hydroxyl groups excluding tert-OH is 1. The van der Waals surface area contributed by atoms with Crippen molar-refractivity contribution in [2.75, 3.05) is 31.2 Å². The van der Waals surface area contributed by atoms with E-state index in [1.54, 1.807) is 21.8 Å². The number of rotatable bonds is 5. The van der Waals surface area contributed by atoms with E-state index in [0.717, 1.165) is 30.2 Å². The molecule has 1 saturated heterocycles. The van der Waals surface area contributed by atoms with Crippen LogP contribution in [-0.2, 0) is 11.8 Å². The van der Waals surface area contributed by atoms with Gasteiger partial charge in [0.15, 0.2) is 11.6 Å². The van der Waals surface area contributed by atoms with Gasteiger partial charge < -0.3 is 14.7 Å². The molecule has 0 aliphatic carbocycles. The molecule has 31 heavy (non-hydrogen) atoms. The Labute approximate surface area is 179 Å². The highest BCUT2D eigenvalue weighted by molar-refractivity contribution is 5.58. The Kier molecular flexibility index (Phi) is 5.19. The van der Waals surface area contributed by atoms with E-state index in [2.05, 4.69) is 20.0 Å². The van der Waals surface area contributed by atoms with Crippen LogP contribution in [0.5, 0.6) is 0 Å². The molecule has 1 aliphatic heterocycles. The largest absolute Gasteiger partial charge is 0.380 e. The van der Waals surface area contributed by atoms with E-state index in [1.165, 1.54) is 0 Å². The van der Waals surface area contributed by atoms with Gasteiger partial charge in [0.25, 0.3) is 0 Å². The smallest absolute Gasteiger partial charge is 0.166 e. The highest BCUT2D eigenvalue weighted by atomic mass is 16.5. The Hall–Kier alpha value is -3.56. The zero-order valence-electron chi connectivity index (χ0n) is 17.2. The van der Waals surface area contributed by atoms with Crippen LogP contribution in [-0.4, -0.2) is 60.9 Å². The summed E-state index contributed by atoms with van der Waals surface area (Å²) in [5, 5.41) is 19.8. The average Bonchev–Trinajstić information content (AvgIpc) is 3.49. The first-order valence-electron chi connectivity index (χ1n) is 10.2. The second kappa shape index (κ2) is 8.29. The normalized spacial score (nSPS) is 15.2. The maximum absolute atomic E-state index is 10.9. The SMILES string of the molecule is Cn1cc(C(O)c2nc(N3CCOCC3)cc(-n3ccc(-c4ccccc4)n3)n2)cn1. The van der Waals surface area contributed by atoms with E-state index in [9.17, 15) is 5.11 Å². The van der Waals surface area contributed by atoms with Crippen LogP contribution in [0.3, 0.4) is 0 Å². The third-order valence-electron chi connectivity index (χ3n) is 5.23.